The second-order valence-corrected chi connectivity index (χ2v) is 5.01. The quantitative estimate of drug-likeness (QED) is 0.868. The number of ether oxygens (including phenoxy) is 1. The molecule has 2 atom stereocenters. The summed E-state index contributed by atoms with van der Waals surface area (Å²) in [6.45, 7) is 0.698. The molecule has 5 heteroatoms. The molecule has 2 aliphatic rings. The average molecular weight is 261 g/mol. The van der Waals surface area contributed by atoms with Gasteiger partial charge in [0.05, 0.1) is 37.2 Å². The summed E-state index contributed by atoms with van der Waals surface area (Å²) in [6, 6.07) is 5.96. The van der Waals surface area contributed by atoms with Crippen LogP contribution in [0.3, 0.4) is 0 Å². The molecule has 1 saturated carbocycles. The van der Waals surface area contributed by atoms with Crippen LogP contribution in [0.1, 0.15) is 19.3 Å². The van der Waals surface area contributed by atoms with E-state index in [9.17, 15) is 5.11 Å². The lowest BCUT2D eigenvalue weighted by atomic mass is 10.2. The number of aliphatic hydroxyl groups is 1. The largest absolute Gasteiger partial charge is 0.497 e. The SMILES string of the molecule is COc1ccc2c(c1)N(N[C@H]1CCC[C@H]1O)CC=N2. The fraction of sp³-hybridized carbons (Fsp3) is 0.500. The zero-order valence-electron chi connectivity index (χ0n) is 11.0. The fourth-order valence-electron chi connectivity index (χ4n) is 2.69. The van der Waals surface area contributed by atoms with Crippen LogP contribution in [0.4, 0.5) is 11.4 Å². The predicted octanol–water partition coefficient (Wildman–Crippen LogP) is 1.64. The highest BCUT2D eigenvalue weighted by Crippen LogP contribution is 2.34. The summed E-state index contributed by atoms with van der Waals surface area (Å²) in [5.74, 6) is 0.814. The van der Waals surface area contributed by atoms with Crippen LogP contribution in [-0.4, -0.2) is 37.1 Å². The molecule has 2 N–H and O–H groups in total. The summed E-state index contributed by atoms with van der Waals surface area (Å²) in [5, 5.41) is 12.0. The number of benzene rings is 1. The maximum atomic E-state index is 9.92. The Morgan fingerprint density at radius 3 is 3.05 bits per heavy atom. The maximum absolute atomic E-state index is 9.92. The van der Waals surface area contributed by atoms with Gasteiger partial charge in [0, 0.05) is 12.3 Å². The zero-order valence-corrected chi connectivity index (χ0v) is 11.0. The van der Waals surface area contributed by atoms with Crippen molar-refractivity contribution >= 4 is 17.6 Å². The first kappa shape index (κ1) is 12.4. The summed E-state index contributed by atoms with van der Waals surface area (Å²) < 4.78 is 5.26. The van der Waals surface area contributed by atoms with Crippen LogP contribution < -0.4 is 15.2 Å². The molecule has 3 rings (SSSR count). The number of nitrogens with zero attached hydrogens (tertiary/aromatic N) is 2. The minimum absolute atomic E-state index is 0.130. The minimum atomic E-state index is -0.257. The Bertz CT molecular complexity index is 490. The van der Waals surface area contributed by atoms with Gasteiger partial charge in [-0.3, -0.25) is 4.99 Å². The van der Waals surface area contributed by atoms with Crippen LogP contribution in [0, 0.1) is 0 Å². The van der Waals surface area contributed by atoms with Crippen molar-refractivity contribution in [2.45, 2.75) is 31.4 Å². The van der Waals surface area contributed by atoms with E-state index < -0.39 is 0 Å². The predicted molar refractivity (Wildman–Crippen MR) is 75.3 cm³/mol. The number of rotatable bonds is 3. The number of aliphatic hydroxyl groups excluding tert-OH is 1. The Morgan fingerprint density at radius 2 is 2.32 bits per heavy atom. The normalized spacial score (nSPS) is 25.5. The standard InChI is InChI=1S/C14H19N3O2/c1-19-10-5-6-11-13(9-10)17(8-7-15-11)16-12-3-2-4-14(12)18/h5-7,9,12,14,16,18H,2-4,8H2,1H3/t12-,14+/m0/s1. The number of hydrogen-bond acceptors (Lipinski definition) is 5. The summed E-state index contributed by atoms with van der Waals surface area (Å²) >= 11 is 0. The van der Waals surface area contributed by atoms with E-state index in [0.29, 0.717) is 6.54 Å². The highest BCUT2D eigenvalue weighted by atomic mass is 16.5. The number of aliphatic imine (C=N–C) groups is 1. The van der Waals surface area contributed by atoms with Crippen LogP contribution in [0.2, 0.25) is 0 Å². The second-order valence-electron chi connectivity index (χ2n) is 5.01. The van der Waals surface area contributed by atoms with Gasteiger partial charge in [0.1, 0.15) is 5.75 Å². The Kier molecular flexibility index (Phi) is 3.40. The Morgan fingerprint density at radius 1 is 1.42 bits per heavy atom. The van der Waals surface area contributed by atoms with Crippen LogP contribution in [0.15, 0.2) is 23.2 Å². The molecule has 19 heavy (non-hydrogen) atoms. The second kappa shape index (κ2) is 5.19. The van der Waals surface area contributed by atoms with Crippen molar-refractivity contribution in [3.8, 4) is 5.75 Å². The molecule has 102 valence electrons. The number of hydrazine groups is 1. The topological polar surface area (TPSA) is 57.1 Å². The smallest absolute Gasteiger partial charge is 0.121 e. The summed E-state index contributed by atoms with van der Waals surface area (Å²) in [4.78, 5) is 4.39. The number of nitrogens with one attached hydrogen (secondary N) is 1. The molecule has 0 unspecified atom stereocenters. The van der Waals surface area contributed by atoms with E-state index in [1.165, 1.54) is 0 Å². The molecular weight excluding hydrogens is 242 g/mol. The van der Waals surface area contributed by atoms with Gasteiger partial charge < -0.3 is 14.9 Å². The first-order valence-corrected chi connectivity index (χ1v) is 6.70. The van der Waals surface area contributed by atoms with Gasteiger partial charge in [-0.05, 0) is 31.4 Å². The van der Waals surface area contributed by atoms with Gasteiger partial charge in [0.15, 0.2) is 0 Å². The minimum Gasteiger partial charge on any atom is -0.497 e. The fourth-order valence-corrected chi connectivity index (χ4v) is 2.69. The molecule has 1 aromatic rings. The van der Waals surface area contributed by atoms with Crippen molar-refractivity contribution in [2.24, 2.45) is 4.99 Å². The molecule has 0 bridgehead atoms. The molecule has 1 aliphatic heterocycles. The number of hydrogen-bond donors (Lipinski definition) is 2. The summed E-state index contributed by atoms with van der Waals surface area (Å²) in [7, 11) is 1.66. The van der Waals surface area contributed by atoms with Crippen molar-refractivity contribution in [1.82, 2.24) is 5.43 Å². The van der Waals surface area contributed by atoms with Crippen LogP contribution >= 0.6 is 0 Å². The number of anilines is 1. The molecule has 0 radical (unpaired) electrons. The van der Waals surface area contributed by atoms with Crippen molar-refractivity contribution < 1.29 is 9.84 Å². The van der Waals surface area contributed by atoms with E-state index in [1.54, 1.807) is 7.11 Å². The van der Waals surface area contributed by atoms with E-state index in [0.717, 1.165) is 36.4 Å². The van der Waals surface area contributed by atoms with Gasteiger partial charge in [-0.25, -0.2) is 5.43 Å². The van der Waals surface area contributed by atoms with Crippen LogP contribution in [0.5, 0.6) is 5.75 Å². The van der Waals surface area contributed by atoms with Gasteiger partial charge in [0.2, 0.25) is 0 Å². The maximum Gasteiger partial charge on any atom is 0.121 e. The first-order chi connectivity index (χ1) is 9.28. The average Bonchev–Trinajstić information content (AvgIpc) is 2.84. The van der Waals surface area contributed by atoms with E-state index in [-0.39, 0.29) is 12.1 Å². The van der Waals surface area contributed by atoms with Gasteiger partial charge >= 0.3 is 0 Å². The third kappa shape index (κ3) is 2.43. The molecule has 5 nitrogen and oxygen atoms in total. The molecule has 0 spiro atoms. The van der Waals surface area contributed by atoms with E-state index in [4.69, 9.17) is 4.74 Å². The van der Waals surface area contributed by atoms with Gasteiger partial charge in [0.25, 0.3) is 0 Å². The van der Waals surface area contributed by atoms with Crippen molar-refractivity contribution in [1.29, 1.82) is 0 Å². The molecule has 1 aromatic carbocycles. The van der Waals surface area contributed by atoms with E-state index in [2.05, 4.69) is 10.4 Å². The van der Waals surface area contributed by atoms with Crippen LogP contribution in [-0.2, 0) is 0 Å². The van der Waals surface area contributed by atoms with Crippen molar-refractivity contribution in [2.75, 3.05) is 18.7 Å². The van der Waals surface area contributed by atoms with Gasteiger partial charge in [-0.2, -0.15) is 0 Å². The lowest BCUT2D eigenvalue weighted by Gasteiger charge is -2.32. The Balaban J connectivity index is 1.82. The third-order valence-electron chi connectivity index (χ3n) is 3.77. The highest BCUT2D eigenvalue weighted by molar-refractivity contribution is 5.82. The van der Waals surface area contributed by atoms with Gasteiger partial charge in [-0.15, -0.1) is 0 Å². The molecule has 1 heterocycles. The summed E-state index contributed by atoms with van der Waals surface area (Å²) in [5.41, 5.74) is 5.34. The zero-order chi connectivity index (χ0) is 13.2. The lowest BCUT2D eigenvalue weighted by molar-refractivity contribution is 0.148. The molecule has 0 amide bonds. The monoisotopic (exact) mass is 261 g/mol. The highest BCUT2D eigenvalue weighted by Gasteiger charge is 2.28. The van der Waals surface area contributed by atoms with Crippen molar-refractivity contribution in [3.63, 3.8) is 0 Å². The molecule has 0 saturated heterocycles. The Hall–Kier alpha value is -1.59. The molecule has 1 fully saturated rings. The third-order valence-corrected chi connectivity index (χ3v) is 3.77. The first-order valence-electron chi connectivity index (χ1n) is 6.70. The molecule has 0 aromatic heterocycles. The lowest BCUT2D eigenvalue weighted by Crippen LogP contribution is -2.49. The van der Waals surface area contributed by atoms with Gasteiger partial charge in [-0.1, -0.05) is 0 Å². The van der Waals surface area contributed by atoms with Crippen molar-refractivity contribution in [3.05, 3.63) is 18.2 Å². The van der Waals surface area contributed by atoms with E-state index >= 15 is 0 Å². The number of methoxy groups -OCH3 is 1. The number of fused-ring (bicyclic) bond motifs is 1. The van der Waals surface area contributed by atoms with E-state index in [1.807, 2.05) is 29.4 Å². The molecule has 1 aliphatic carbocycles. The summed E-state index contributed by atoms with van der Waals surface area (Å²) in [6.07, 6.45) is 4.58. The Labute approximate surface area is 112 Å². The molecular formula is C14H19N3O2. The van der Waals surface area contributed by atoms with Crippen LogP contribution in [0.25, 0.3) is 0 Å².